The van der Waals surface area contributed by atoms with Crippen LogP contribution in [-0.4, -0.2) is 16.9 Å². The molecule has 0 saturated carbocycles. The number of carboxylic acid groups (broad SMARTS) is 1. The van der Waals surface area contributed by atoms with Crippen LogP contribution >= 0.6 is 0 Å². The van der Waals surface area contributed by atoms with Gasteiger partial charge in [0, 0.05) is 5.56 Å². The Morgan fingerprint density at radius 2 is 1.52 bits per heavy atom. The van der Waals surface area contributed by atoms with Gasteiger partial charge in [0.1, 0.15) is 0 Å². The molecule has 3 rings (SSSR count). The molecular formula is C20H14O3. The first-order valence-corrected chi connectivity index (χ1v) is 7.19. The molecule has 0 fully saturated rings. The lowest BCUT2D eigenvalue weighted by molar-refractivity contribution is 0.0695. The van der Waals surface area contributed by atoms with E-state index in [1.54, 1.807) is 30.3 Å². The Bertz CT molecular complexity index is 909. The second kappa shape index (κ2) is 6.28. The average Bonchev–Trinajstić information content (AvgIpc) is 2.59. The van der Waals surface area contributed by atoms with Gasteiger partial charge in [-0.3, -0.25) is 4.79 Å². The van der Waals surface area contributed by atoms with Crippen LogP contribution in [0.2, 0.25) is 0 Å². The van der Waals surface area contributed by atoms with Crippen LogP contribution in [0, 0.1) is 0 Å². The highest BCUT2D eigenvalue weighted by Crippen LogP contribution is 2.23. The van der Waals surface area contributed by atoms with Gasteiger partial charge in [0.15, 0.2) is 5.78 Å². The maximum atomic E-state index is 12.4. The van der Waals surface area contributed by atoms with Gasteiger partial charge in [-0.15, -0.1) is 0 Å². The van der Waals surface area contributed by atoms with E-state index in [1.807, 2.05) is 42.5 Å². The summed E-state index contributed by atoms with van der Waals surface area (Å²) in [5.74, 6) is -1.42. The summed E-state index contributed by atoms with van der Waals surface area (Å²) in [6.07, 6.45) is 3.09. The third kappa shape index (κ3) is 3.04. The molecule has 0 unspecified atom stereocenters. The van der Waals surface area contributed by atoms with Crippen molar-refractivity contribution in [3.63, 3.8) is 0 Å². The van der Waals surface area contributed by atoms with Crippen LogP contribution in [0.3, 0.4) is 0 Å². The number of carboxylic acids is 1. The van der Waals surface area contributed by atoms with Gasteiger partial charge in [-0.25, -0.2) is 4.79 Å². The summed E-state index contributed by atoms with van der Waals surface area (Å²) in [5.41, 5.74) is 1.13. The number of aromatic carboxylic acids is 1. The van der Waals surface area contributed by atoms with E-state index in [2.05, 4.69) is 0 Å². The number of ketones is 1. The van der Waals surface area contributed by atoms with Crippen LogP contribution in [0.5, 0.6) is 0 Å². The first-order chi connectivity index (χ1) is 11.2. The number of benzene rings is 3. The van der Waals surface area contributed by atoms with Crippen molar-refractivity contribution in [2.75, 3.05) is 0 Å². The molecule has 0 aliphatic rings. The van der Waals surface area contributed by atoms with E-state index in [0.717, 1.165) is 10.9 Å². The maximum absolute atomic E-state index is 12.4. The minimum Gasteiger partial charge on any atom is -0.478 e. The summed E-state index contributed by atoms with van der Waals surface area (Å²) in [6, 6.07) is 19.9. The number of fused-ring (bicyclic) bond motifs is 1. The van der Waals surface area contributed by atoms with Crippen molar-refractivity contribution in [1.29, 1.82) is 0 Å². The fraction of sp³-hybridized carbons (Fsp3) is 0. The third-order valence-corrected chi connectivity index (χ3v) is 3.64. The molecule has 0 bridgehead atoms. The fourth-order valence-corrected chi connectivity index (χ4v) is 2.53. The average molecular weight is 302 g/mol. The van der Waals surface area contributed by atoms with Gasteiger partial charge in [-0.05, 0) is 28.5 Å². The number of rotatable bonds is 4. The first kappa shape index (κ1) is 14.7. The predicted octanol–water partition coefficient (Wildman–Crippen LogP) is 4.43. The van der Waals surface area contributed by atoms with Crippen molar-refractivity contribution in [1.82, 2.24) is 0 Å². The van der Waals surface area contributed by atoms with Crippen LogP contribution in [0.25, 0.3) is 16.8 Å². The highest BCUT2D eigenvalue weighted by molar-refractivity contribution is 6.17. The minimum atomic E-state index is -1.10. The van der Waals surface area contributed by atoms with E-state index in [4.69, 9.17) is 0 Å². The molecule has 3 heteroatoms. The highest BCUT2D eigenvalue weighted by atomic mass is 16.4. The number of hydrogen-bond donors (Lipinski definition) is 1. The smallest absolute Gasteiger partial charge is 0.337 e. The summed E-state index contributed by atoms with van der Waals surface area (Å²) in [4.78, 5) is 24.1. The molecule has 0 amide bonds. The first-order valence-electron chi connectivity index (χ1n) is 7.19. The number of carbonyl (C=O) groups excluding carboxylic acids is 1. The Morgan fingerprint density at radius 1 is 0.826 bits per heavy atom. The molecule has 0 radical (unpaired) electrons. The zero-order valence-corrected chi connectivity index (χ0v) is 12.3. The molecule has 0 aliphatic carbocycles. The molecule has 0 aromatic heterocycles. The van der Waals surface area contributed by atoms with E-state index in [0.29, 0.717) is 5.39 Å². The SMILES string of the molecule is O=C(C=Cc1ccccc1)c1ccc2ccccc2c1C(=O)O. The van der Waals surface area contributed by atoms with E-state index in [-0.39, 0.29) is 16.9 Å². The van der Waals surface area contributed by atoms with Gasteiger partial charge < -0.3 is 5.11 Å². The van der Waals surface area contributed by atoms with Gasteiger partial charge in [-0.2, -0.15) is 0 Å². The maximum Gasteiger partial charge on any atom is 0.337 e. The van der Waals surface area contributed by atoms with Crippen LogP contribution in [0.1, 0.15) is 26.3 Å². The number of carbonyl (C=O) groups is 2. The van der Waals surface area contributed by atoms with E-state index >= 15 is 0 Å². The topological polar surface area (TPSA) is 54.4 Å². The molecule has 3 nitrogen and oxygen atoms in total. The number of allylic oxidation sites excluding steroid dienone is 1. The molecule has 0 spiro atoms. The van der Waals surface area contributed by atoms with Crippen molar-refractivity contribution < 1.29 is 14.7 Å². The molecular weight excluding hydrogens is 288 g/mol. The molecule has 3 aromatic carbocycles. The molecule has 0 aliphatic heterocycles. The third-order valence-electron chi connectivity index (χ3n) is 3.64. The zero-order chi connectivity index (χ0) is 16.2. The fourth-order valence-electron chi connectivity index (χ4n) is 2.53. The Kier molecular flexibility index (Phi) is 4.02. The van der Waals surface area contributed by atoms with Gasteiger partial charge in [0.25, 0.3) is 0 Å². The van der Waals surface area contributed by atoms with E-state index in [1.165, 1.54) is 6.08 Å². The van der Waals surface area contributed by atoms with E-state index < -0.39 is 5.97 Å². The second-order valence-corrected chi connectivity index (χ2v) is 5.12. The van der Waals surface area contributed by atoms with Crippen molar-refractivity contribution in [2.24, 2.45) is 0 Å². The van der Waals surface area contributed by atoms with Crippen LogP contribution < -0.4 is 0 Å². The molecule has 23 heavy (non-hydrogen) atoms. The van der Waals surface area contributed by atoms with Gasteiger partial charge in [0.05, 0.1) is 5.56 Å². The molecule has 0 atom stereocenters. The van der Waals surface area contributed by atoms with Gasteiger partial charge in [-0.1, -0.05) is 66.7 Å². The Labute approximate surface area is 133 Å². The van der Waals surface area contributed by atoms with Crippen molar-refractivity contribution in [3.05, 3.63) is 89.5 Å². The molecule has 3 aromatic rings. The summed E-state index contributed by atoms with van der Waals surface area (Å²) >= 11 is 0. The Balaban J connectivity index is 2.05. The largest absolute Gasteiger partial charge is 0.478 e. The lowest BCUT2D eigenvalue weighted by Gasteiger charge is -2.07. The standard InChI is InChI=1S/C20H14O3/c21-18(13-10-14-6-2-1-3-7-14)17-12-11-15-8-4-5-9-16(15)19(17)20(22)23/h1-13H,(H,22,23). The molecule has 0 heterocycles. The number of hydrogen-bond acceptors (Lipinski definition) is 2. The summed E-state index contributed by atoms with van der Waals surface area (Å²) in [6.45, 7) is 0. The second-order valence-electron chi connectivity index (χ2n) is 5.12. The molecule has 112 valence electrons. The summed E-state index contributed by atoms with van der Waals surface area (Å²) in [7, 11) is 0. The quantitative estimate of drug-likeness (QED) is 0.573. The van der Waals surface area contributed by atoms with Crippen molar-refractivity contribution in [2.45, 2.75) is 0 Å². The monoisotopic (exact) mass is 302 g/mol. The van der Waals surface area contributed by atoms with Crippen LogP contribution in [-0.2, 0) is 0 Å². The Morgan fingerprint density at radius 3 is 2.26 bits per heavy atom. The lowest BCUT2D eigenvalue weighted by atomic mass is 9.96. The zero-order valence-electron chi connectivity index (χ0n) is 12.3. The molecule has 1 N–H and O–H groups in total. The van der Waals surface area contributed by atoms with Crippen molar-refractivity contribution in [3.8, 4) is 0 Å². The van der Waals surface area contributed by atoms with Crippen molar-refractivity contribution >= 4 is 28.6 Å². The van der Waals surface area contributed by atoms with Crippen LogP contribution in [0.15, 0.2) is 72.8 Å². The minimum absolute atomic E-state index is 0.0470. The normalized spacial score (nSPS) is 11.0. The lowest BCUT2D eigenvalue weighted by Crippen LogP contribution is -2.07. The Hall–Kier alpha value is -3.20. The summed E-state index contributed by atoms with van der Waals surface area (Å²) < 4.78 is 0. The van der Waals surface area contributed by atoms with Gasteiger partial charge in [0.2, 0.25) is 0 Å². The highest BCUT2D eigenvalue weighted by Gasteiger charge is 2.17. The van der Waals surface area contributed by atoms with E-state index in [9.17, 15) is 14.7 Å². The summed E-state index contributed by atoms with van der Waals surface area (Å²) in [5, 5.41) is 10.9. The molecule has 0 saturated heterocycles. The van der Waals surface area contributed by atoms with Gasteiger partial charge >= 0.3 is 5.97 Å². The van der Waals surface area contributed by atoms with Crippen LogP contribution in [0.4, 0.5) is 0 Å². The predicted molar refractivity (Wildman–Crippen MR) is 90.7 cm³/mol.